The van der Waals surface area contributed by atoms with Crippen LogP contribution in [0, 0.1) is 5.82 Å². The molecule has 5 nitrogen and oxygen atoms in total. The van der Waals surface area contributed by atoms with E-state index in [2.05, 4.69) is 10.2 Å². The monoisotopic (exact) mass is 367 g/mol. The Hall–Kier alpha value is -2.84. The third-order valence-corrected chi connectivity index (χ3v) is 4.94. The van der Waals surface area contributed by atoms with Crippen molar-refractivity contribution >= 4 is 11.6 Å². The van der Waals surface area contributed by atoms with E-state index < -0.39 is 29.0 Å². The summed E-state index contributed by atoms with van der Waals surface area (Å²) in [6, 6.07) is 2.58. The smallest absolute Gasteiger partial charge is 0.333 e. The van der Waals surface area contributed by atoms with Crippen molar-refractivity contribution in [3.8, 4) is 0 Å². The Morgan fingerprint density at radius 1 is 1.15 bits per heavy atom. The number of carbonyl (C=O) groups excluding carboxylic acids is 1. The van der Waals surface area contributed by atoms with Gasteiger partial charge in [-0.25, -0.2) is 4.39 Å². The molecule has 2 heterocycles. The Morgan fingerprint density at radius 3 is 2.58 bits per heavy atom. The van der Waals surface area contributed by atoms with E-state index in [9.17, 15) is 27.2 Å². The quantitative estimate of drug-likeness (QED) is 0.762. The average Bonchev–Trinajstić information content (AvgIpc) is 3.13. The van der Waals surface area contributed by atoms with Crippen molar-refractivity contribution in [2.75, 3.05) is 11.9 Å². The molecule has 2 aliphatic rings. The van der Waals surface area contributed by atoms with Crippen LogP contribution >= 0.6 is 0 Å². The van der Waals surface area contributed by atoms with Gasteiger partial charge in [-0.15, -0.1) is 0 Å². The highest BCUT2D eigenvalue weighted by atomic mass is 19.4. The molecule has 0 saturated carbocycles. The van der Waals surface area contributed by atoms with Gasteiger partial charge in [-0.1, -0.05) is 6.07 Å². The number of aromatic amines is 2. The summed E-state index contributed by atoms with van der Waals surface area (Å²) < 4.78 is 53.0. The van der Waals surface area contributed by atoms with Gasteiger partial charge < -0.3 is 4.90 Å². The van der Waals surface area contributed by atoms with Gasteiger partial charge in [0.1, 0.15) is 11.6 Å². The SMILES string of the molecule is CN1C2=C(C(=O)CC2)C(c2ccc(F)c(C(F)(F)F)c2)c2c1[nH][nH]c2=O. The van der Waals surface area contributed by atoms with Crippen LogP contribution < -0.4 is 10.5 Å². The summed E-state index contributed by atoms with van der Waals surface area (Å²) in [7, 11) is 1.68. The minimum Gasteiger partial charge on any atom is -0.333 e. The molecule has 1 aromatic heterocycles. The third-order valence-electron chi connectivity index (χ3n) is 4.94. The van der Waals surface area contributed by atoms with Gasteiger partial charge in [0, 0.05) is 30.7 Å². The van der Waals surface area contributed by atoms with Crippen LogP contribution in [0.4, 0.5) is 23.4 Å². The highest BCUT2D eigenvalue weighted by molar-refractivity contribution is 6.02. The first kappa shape index (κ1) is 16.6. The highest BCUT2D eigenvalue weighted by Gasteiger charge is 2.43. The number of carbonyl (C=O) groups is 1. The zero-order valence-electron chi connectivity index (χ0n) is 13.5. The van der Waals surface area contributed by atoms with Gasteiger partial charge >= 0.3 is 6.18 Å². The lowest BCUT2D eigenvalue weighted by Gasteiger charge is -2.31. The van der Waals surface area contributed by atoms with Crippen LogP contribution in [0.25, 0.3) is 0 Å². The lowest BCUT2D eigenvalue weighted by molar-refractivity contribution is -0.140. The number of rotatable bonds is 1. The Kier molecular flexibility index (Phi) is 3.40. The summed E-state index contributed by atoms with van der Waals surface area (Å²) in [5.74, 6) is -2.19. The third kappa shape index (κ3) is 2.23. The van der Waals surface area contributed by atoms with Gasteiger partial charge in [0.15, 0.2) is 5.78 Å². The lowest BCUT2D eigenvalue weighted by Crippen LogP contribution is -2.29. The Balaban J connectivity index is 1.99. The fourth-order valence-corrected chi connectivity index (χ4v) is 3.78. The van der Waals surface area contributed by atoms with E-state index in [1.54, 1.807) is 11.9 Å². The first-order valence-electron chi connectivity index (χ1n) is 7.87. The van der Waals surface area contributed by atoms with Crippen molar-refractivity contribution in [2.45, 2.75) is 24.9 Å². The zero-order chi connectivity index (χ0) is 18.8. The van der Waals surface area contributed by atoms with Crippen molar-refractivity contribution in [2.24, 2.45) is 0 Å². The molecule has 1 aliphatic carbocycles. The van der Waals surface area contributed by atoms with Crippen LogP contribution in [0.2, 0.25) is 0 Å². The predicted molar refractivity (Wildman–Crippen MR) is 84.3 cm³/mol. The maximum absolute atomic E-state index is 13.7. The summed E-state index contributed by atoms with van der Waals surface area (Å²) >= 11 is 0. The summed E-state index contributed by atoms with van der Waals surface area (Å²) in [5, 5.41) is 5.12. The summed E-state index contributed by atoms with van der Waals surface area (Å²) in [5.41, 5.74) is -0.788. The molecule has 0 saturated heterocycles. The van der Waals surface area contributed by atoms with Crippen LogP contribution in [-0.4, -0.2) is 23.0 Å². The molecular formula is C17H13F4N3O2. The van der Waals surface area contributed by atoms with E-state index >= 15 is 0 Å². The van der Waals surface area contributed by atoms with Crippen LogP contribution in [0.1, 0.15) is 35.4 Å². The first-order valence-corrected chi connectivity index (χ1v) is 7.87. The molecule has 0 radical (unpaired) electrons. The molecule has 1 aromatic carbocycles. The first-order chi connectivity index (χ1) is 12.2. The minimum atomic E-state index is -4.88. The van der Waals surface area contributed by atoms with Gasteiger partial charge in [-0.05, 0) is 24.1 Å². The van der Waals surface area contributed by atoms with Crippen molar-refractivity contribution in [1.82, 2.24) is 10.2 Å². The average molecular weight is 367 g/mol. The Labute approximate surface area is 144 Å². The van der Waals surface area contributed by atoms with Crippen LogP contribution in [0.15, 0.2) is 34.3 Å². The zero-order valence-corrected chi connectivity index (χ0v) is 13.5. The number of hydrogen-bond acceptors (Lipinski definition) is 3. The van der Waals surface area contributed by atoms with Crippen molar-refractivity contribution in [3.05, 3.63) is 62.3 Å². The minimum absolute atomic E-state index is 0.0564. The number of alkyl halides is 3. The Bertz CT molecular complexity index is 1020. The number of allylic oxidation sites excluding steroid dienone is 2. The number of ketones is 1. The second kappa shape index (κ2) is 5.33. The molecule has 9 heteroatoms. The fourth-order valence-electron chi connectivity index (χ4n) is 3.78. The number of fused-ring (bicyclic) bond motifs is 1. The molecule has 1 aliphatic heterocycles. The van der Waals surface area contributed by atoms with E-state index in [0.717, 1.165) is 6.07 Å². The lowest BCUT2D eigenvalue weighted by atomic mass is 9.81. The fraction of sp³-hybridized carbons (Fsp3) is 0.294. The number of anilines is 1. The van der Waals surface area contributed by atoms with E-state index in [4.69, 9.17) is 0 Å². The Morgan fingerprint density at radius 2 is 1.88 bits per heavy atom. The molecule has 0 bridgehead atoms. The van der Waals surface area contributed by atoms with Gasteiger partial charge in [-0.3, -0.25) is 19.8 Å². The number of H-pyrrole nitrogens is 2. The molecule has 2 N–H and O–H groups in total. The van der Waals surface area contributed by atoms with E-state index in [-0.39, 0.29) is 23.3 Å². The number of aromatic nitrogens is 2. The number of nitrogens with zero attached hydrogens (tertiary/aromatic N) is 1. The number of benzene rings is 1. The van der Waals surface area contributed by atoms with Crippen molar-refractivity contribution in [3.63, 3.8) is 0 Å². The number of Topliss-reactive ketones (excluding diaryl/α,β-unsaturated/α-hetero) is 1. The molecule has 26 heavy (non-hydrogen) atoms. The summed E-state index contributed by atoms with van der Waals surface area (Å²) in [6.07, 6.45) is -4.22. The van der Waals surface area contributed by atoms with E-state index in [1.165, 1.54) is 6.07 Å². The molecule has 0 fully saturated rings. The highest BCUT2D eigenvalue weighted by Crippen LogP contribution is 2.47. The second-order valence-corrected chi connectivity index (χ2v) is 6.35. The molecule has 1 atom stereocenters. The van der Waals surface area contributed by atoms with Gasteiger partial charge in [0.25, 0.3) is 5.56 Å². The van der Waals surface area contributed by atoms with E-state index in [1.807, 2.05) is 0 Å². The molecule has 136 valence electrons. The second-order valence-electron chi connectivity index (χ2n) is 6.35. The summed E-state index contributed by atoms with van der Waals surface area (Å²) in [6.45, 7) is 0. The van der Waals surface area contributed by atoms with Gasteiger partial charge in [0.2, 0.25) is 0 Å². The maximum Gasteiger partial charge on any atom is 0.419 e. The van der Waals surface area contributed by atoms with Crippen LogP contribution in [-0.2, 0) is 11.0 Å². The molecule has 2 aromatic rings. The largest absolute Gasteiger partial charge is 0.419 e. The molecule has 1 unspecified atom stereocenters. The van der Waals surface area contributed by atoms with Crippen molar-refractivity contribution < 1.29 is 22.4 Å². The normalized spacial score (nSPS) is 19.8. The number of hydrogen-bond donors (Lipinski definition) is 2. The number of halogens is 4. The predicted octanol–water partition coefficient (Wildman–Crippen LogP) is 3.06. The van der Waals surface area contributed by atoms with Crippen LogP contribution in [0.5, 0.6) is 0 Å². The van der Waals surface area contributed by atoms with Crippen LogP contribution in [0.3, 0.4) is 0 Å². The topological polar surface area (TPSA) is 69.0 Å². The standard InChI is InChI=1S/C17H13F4N3O2/c1-24-10-4-5-11(25)13(10)12(14-15(24)22-23-16(14)26)7-2-3-9(18)8(6-7)17(19,20)21/h2-3,6,12H,4-5H2,1H3,(H2,22,23,26). The van der Waals surface area contributed by atoms with E-state index in [0.29, 0.717) is 29.6 Å². The molecule has 0 amide bonds. The number of nitrogens with one attached hydrogen (secondary N) is 2. The molecule has 0 spiro atoms. The molecular weight excluding hydrogens is 354 g/mol. The van der Waals surface area contributed by atoms with Gasteiger partial charge in [0.05, 0.1) is 11.1 Å². The molecule has 4 rings (SSSR count). The maximum atomic E-state index is 13.7. The summed E-state index contributed by atoms with van der Waals surface area (Å²) in [4.78, 5) is 26.4. The van der Waals surface area contributed by atoms with Gasteiger partial charge in [-0.2, -0.15) is 13.2 Å². The van der Waals surface area contributed by atoms with Crippen molar-refractivity contribution in [1.29, 1.82) is 0 Å².